The Hall–Kier alpha value is -1.42. The minimum Gasteiger partial charge on any atom is -0.489 e. The lowest BCUT2D eigenvalue weighted by Gasteiger charge is -2.14. The molecule has 0 spiro atoms. The van der Waals surface area contributed by atoms with E-state index in [2.05, 4.69) is 12.2 Å². The van der Waals surface area contributed by atoms with Crippen molar-refractivity contribution in [2.24, 2.45) is 0 Å². The van der Waals surface area contributed by atoms with Gasteiger partial charge in [-0.05, 0) is 38.8 Å². The molecule has 1 aromatic carbocycles. The maximum absolute atomic E-state index is 5.89. The average Bonchev–Trinajstić information content (AvgIpc) is 2.40. The van der Waals surface area contributed by atoms with Gasteiger partial charge in [-0.2, -0.15) is 0 Å². The molecule has 0 aliphatic carbocycles. The van der Waals surface area contributed by atoms with Gasteiger partial charge in [-0.25, -0.2) is 0 Å². The minimum atomic E-state index is 0.125. The van der Waals surface area contributed by atoms with Gasteiger partial charge >= 0.3 is 0 Å². The monoisotopic (exact) mass is 280 g/mol. The Balaban J connectivity index is 2.29. The average molecular weight is 280 g/mol. The van der Waals surface area contributed by atoms with Gasteiger partial charge in [0.1, 0.15) is 5.75 Å². The molecule has 0 radical (unpaired) electrons. The summed E-state index contributed by atoms with van der Waals surface area (Å²) < 4.78 is 11.2. The van der Waals surface area contributed by atoms with Crippen LogP contribution in [0.25, 0.3) is 0 Å². The van der Waals surface area contributed by atoms with Crippen molar-refractivity contribution in [2.75, 3.05) is 30.8 Å². The van der Waals surface area contributed by atoms with Gasteiger partial charge in [0.15, 0.2) is 0 Å². The molecule has 1 aromatic rings. The number of hydrogen-bond acceptors (Lipinski definition) is 4. The molecule has 0 aliphatic rings. The lowest BCUT2D eigenvalue weighted by atomic mass is 10.2. The molecular formula is C16H28N2O2. The zero-order valence-electron chi connectivity index (χ0n) is 12.9. The number of nitrogens with two attached hydrogens (primary N) is 1. The van der Waals surface area contributed by atoms with E-state index in [9.17, 15) is 0 Å². The van der Waals surface area contributed by atoms with Crippen molar-refractivity contribution in [1.29, 1.82) is 0 Å². The molecule has 4 heteroatoms. The number of benzene rings is 1. The third-order valence-corrected chi connectivity index (χ3v) is 2.81. The third kappa shape index (κ3) is 6.66. The van der Waals surface area contributed by atoms with Crippen molar-refractivity contribution >= 4 is 11.4 Å². The first kappa shape index (κ1) is 16.6. The van der Waals surface area contributed by atoms with Crippen LogP contribution in [0.1, 0.15) is 40.0 Å². The molecule has 20 heavy (non-hydrogen) atoms. The molecule has 0 heterocycles. The molecule has 4 nitrogen and oxygen atoms in total. The molecule has 0 saturated carbocycles. The Morgan fingerprint density at radius 1 is 1.20 bits per heavy atom. The normalized spacial score (nSPS) is 10.8. The van der Waals surface area contributed by atoms with Crippen LogP contribution in [0.15, 0.2) is 18.2 Å². The van der Waals surface area contributed by atoms with Crippen LogP contribution in [0.2, 0.25) is 0 Å². The summed E-state index contributed by atoms with van der Waals surface area (Å²) in [6, 6.07) is 5.80. The minimum absolute atomic E-state index is 0.125. The van der Waals surface area contributed by atoms with E-state index >= 15 is 0 Å². The van der Waals surface area contributed by atoms with Crippen LogP contribution in [-0.4, -0.2) is 25.9 Å². The fraction of sp³-hybridized carbons (Fsp3) is 0.625. The van der Waals surface area contributed by atoms with Crippen LogP contribution in [-0.2, 0) is 4.74 Å². The first-order chi connectivity index (χ1) is 9.63. The van der Waals surface area contributed by atoms with Crippen molar-refractivity contribution < 1.29 is 9.47 Å². The first-order valence-corrected chi connectivity index (χ1v) is 7.51. The molecule has 0 aliphatic heterocycles. The summed E-state index contributed by atoms with van der Waals surface area (Å²) in [5, 5.41) is 3.36. The Kier molecular flexibility index (Phi) is 7.88. The Morgan fingerprint density at radius 2 is 1.95 bits per heavy atom. The number of unbranched alkanes of at least 4 members (excludes halogenated alkanes) is 1. The largest absolute Gasteiger partial charge is 0.489 e. The van der Waals surface area contributed by atoms with Gasteiger partial charge < -0.3 is 20.5 Å². The highest BCUT2D eigenvalue weighted by Gasteiger charge is 2.04. The van der Waals surface area contributed by atoms with E-state index in [1.807, 2.05) is 32.0 Å². The van der Waals surface area contributed by atoms with Gasteiger partial charge in [0.05, 0.1) is 11.8 Å². The number of ether oxygens (including phenoxy) is 2. The van der Waals surface area contributed by atoms with Crippen LogP contribution in [0, 0.1) is 0 Å². The zero-order valence-corrected chi connectivity index (χ0v) is 12.9. The van der Waals surface area contributed by atoms with Crippen molar-refractivity contribution in [3.8, 4) is 5.75 Å². The van der Waals surface area contributed by atoms with E-state index in [0.717, 1.165) is 44.0 Å². The predicted molar refractivity (Wildman–Crippen MR) is 85.5 cm³/mol. The highest BCUT2D eigenvalue weighted by molar-refractivity contribution is 5.61. The third-order valence-electron chi connectivity index (χ3n) is 2.81. The number of nitrogens with one attached hydrogen (secondary N) is 1. The Labute approximate surface area is 122 Å². The number of nitrogen functional groups attached to an aromatic ring is 1. The molecule has 0 fully saturated rings. The molecule has 0 unspecified atom stereocenters. The first-order valence-electron chi connectivity index (χ1n) is 7.51. The summed E-state index contributed by atoms with van der Waals surface area (Å²) in [4.78, 5) is 0. The van der Waals surface area contributed by atoms with Gasteiger partial charge in [0, 0.05) is 31.5 Å². The van der Waals surface area contributed by atoms with E-state index in [4.69, 9.17) is 15.2 Å². The van der Waals surface area contributed by atoms with Gasteiger partial charge in [-0.3, -0.25) is 0 Å². The van der Waals surface area contributed by atoms with E-state index in [1.165, 1.54) is 6.42 Å². The topological polar surface area (TPSA) is 56.5 Å². The predicted octanol–water partition coefficient (Wildman–Crippen LogP) is 3.67. The lowest BCUT2D eigenvalue weighted by molar-refractivity contribution is 0.131. The molecule has 0 atom stereocenters. The summed E-state index contributed by atoms with van der Waals surface area (Å²) in [7, 11) is 0. The number of rotatable bonds is 10. The van der Waals surface area contributed by atoms with Gasteiger partial charge in [0.2, 0.25) is 0 Å². The van der Waals surface area contributed by atoms with Crippen molar-refractivity contribution in [3.63, 3.8) is 0 Å². The Morgan fingerprint density at radius 3 is 2.65 bits per heavy atom. The molecule has 0 amide bonds. The van der Waals surface area contributed by atoms with Gasteiger partial charge in [0.25, 0.3) is 0 Å². The Bertz CT molecular complexity index is 381. The summed E-state index contributed by atoms with van der Waals surface area (Å²) in [5.41, 5.74) is 7.59. The maximum Gasteiger partial charge on any atom is 0.144 e. The van der Waals surface area contributed by atoms with E-state index in [0.29, 0.717) is 5.69 Å². The summed E-state index contributed by atoms with van der Waals surface area (Å²) >= 11 is 0. The second-order valence-corrected chi connectivity index (χ2v) is 5.17. The molecule has 114 valence electrons. The van der Waals surface area contributed by atoms with Gasteiger partial charge in [-0.15, -0.1) is 0 Å². The molecular weight excluding hydrogens is 252 g/mol. The summed E-state index contributed by atoms with van der Waals surface area (Å²) in [6.07, 6.45) is 3.44. The molecule has 1 rings (SSSR count). The molecule has 0 saturated heterocycles. The molecule has 0 bridgehead atoms. The van der Waals surface area contributed by atoms with E-state index in [-0.39, 0.29) is 6.10 Å². The molecule has 0 aromatic heterocycles. The van der Waals surface area contributed by atoms with Crippen LogP contribution in [0.3, 0.4) is 0 Å². The standard InChI is InChI=1S/C16H28N2O2/c1-4-5-10-19-11-6-9-18-14-7-8-15(17)16(12-14)20-13(2)3/h7-8,12-13,18H,4-6,9-11,17H2,1-3H3. The van der Waals surface area contributed by atoms with E-state index < -0.39 is 0 Å². The van der Waals surface area contributed by atoms with Crippen LogP contribution in [0.5, 0.6) is 5.75 Å². The van der Waals surface area contributed by atoms with Gasteiger partial charge in [-0.1, -0.05) is 13.3 Å². The second-order valence-electron chi connectivity index (χ2n) is 5.17. The highest BCUT2D eigenvalue weighted by atomic mass is 16.5. The van der Waals surface area contributed by atoms with Crippen molar-refractivity contribution in [3.05, 3.63) is 18.2 Å². The lowest BCUT2D eigenvalue weighted by Crippen LogP contribution is -2.09. The van der Waals surface area contributed by atoms with Crippen molar-refractivity contribution in [2.45, 2.75) is 46.1 Å². The van der Waals surface area contributed by atoms with Crippen molar-refractivity contribution in [1.82, 2.24) is 0 Å². The fourth-order valence-corrected chi connectivity index (χ4v) is 1.76. The SMILES string of the molecule is CCCCOCCCNc1ccc(N)c(OC(C)C)c1. The smallest absolute Gasteiger partial charge is 0.144 e. The number of hydrogen-bond donors (Lipinski definition) is 2. The zero-order chi connectivity index (χ0) is 14.8. The summed E-state index contributed by atoms with van der Waals surface area (Å²) in [6.45, 7) is 8.71. The maximum atomic E-state index is 5.89. The number of anilines is 2. The quantitative estimate of drug-likeness (QED) is 0.507. The van der Waals surface area contributed by atoms with E-state index in [1.54, 1.807) is 0 Å². The van der Waals surface area contributed by atoms with Crippen LogP contribution >= 0.6 is 0 Å². The summed E-state index contributed by atoms with van der Waals surface area (Å²) in [5.74, 6) is 0.740. The van der Waals surface area contributed by atoms with Crippen LogP contribution < -0.4 is 15.8 Å². The molecule has 3 N–H and O–H groups in total. The fourth-order valence-electron chi connectivity index (χ4n) is 1.76. The van der Waals surface area contributed by atoms with Crippen LogP contribution in [0.4, 0.5) is 11.4 Å². The highest BCUT2D eigenvalue weighted by Crippen LogP contribution is 2.26. The second kappa shape index (κ2) is 9.48.